The second kappa shape index (κ2) is 10.1. The minimum Gasteiger partial charge on any atom is -0.469 e. The van der Waals surface area contributed by atoms with E-state index in [9.17, 15) is 4.79 Å². The number of nitrogens with zero attached hydrogens (tertiary/aromatic N) is 2. The largest absolute Gasteiger partial charge is 0.469 e. The summed E-state index contributed by atoms with van der Waals surface area (Å²) in [6.07, 6.45) is 3.43. The zero-order valence-electron chi connectivity index (χ0n) is 11.7. The summed E-state index contributed by atoms with van der Waals surface area (Å²) >= 11 is 0. The molecule has 0 unspecified atom stereocenters. The molecule has 5 nitrogen and oxygen atoms in total. The quantitative estimate of drug-likeness (QED) is 0.265. The van der Waals surface area contributed by atoms with Crippen LogP contribution in [0.4, 0.5) is 0 Å². The summed E-state index contributed by atoms with van der Waals surface area (Å²) in [5.74, 6) is 0.844. The van der Waals surface area contributed by atoms with Gasteiger partial charge in [0.05, 0.1) is 19.6 Å². The van der Waals surface area contributed by atoms with Crippen molar-refractivity contribution in [3.05, 3.63) is 12.7 Å². The molecule has 1 rings (SSSR count). The highest BCUT2D eigenvalue weighted by Crippen LogP contribution is 2.18. The fraction of sp³-hybridized carbons (Fsp3) is 0.692. The highest BCUT2D eigenvalue weighted by molar-refractivity contribution is 14.0. The van der Waals surface area contributed by atoms with Gasteiger partial charge in [-0.25, -0.2) is 4.99 Å². The van der Waals surface area contributed by atoms with E-state index < -0.39 is 0 Å². The first-order chi connectivity index (χ1) is 8.72. The Labute approximate surface area is 132 Å². The number of aliphatic imine (C=N–C) groups is 1. The number of carbonyl (C=O) groups is 1. The molecular weight excluding hydrogens is 357 g/mol. The summed E-state index contributed by atoms with van der Waals surface area (Å²) in [6, 6.07) is 0. The van der Waals surface area contributed by atoms with E-state index in [-0.39, 0.29) is 35.9 Å². The van der Waals surface area contributed by atoms with Gasteiger partial charge in [-0.05, 0) is 19.8 Å². The Morgan fingerprint density at radius 3 is 2.63 bits per heavy atom. The van der Waals surface area contributed by atoms with Gasteiger partial charge in [-0.2, -0.15) is 0 Å². The topological polar surface area (TPSA) is 53.9 Å². The number of hydrogen-bond acceptors (Lipinski definition) is 3. The van der Waals surface area contributed by atoms with Crippen LogP contribution in [0.25, 0.3) is 0 Å². The van der Waals surface area contributed by atoms with Gasteiger partial charge in [0.25, 0.3) is 0 Å². The van der Waals surface area contributed by atoms with E-state index in [2.05, 4.69) is 21.8 Å². The van der Waals surface area contributed by atoms with Gasteiger partial charge < -0.3 is 15.0 Å². The molecule has 19 heavy (non-hydrogen) atoms. The third-order valence-electron chi connectivity index (χ3n) is 3.03. The van der Waals surface area contributed by atoms with Crippen LogP contribution in [0.2, 0.25) is 0 Å². The average Bonchev–Trinajstić information content (AvgIpc) is 2.43. The molecule has 1 fully saturated rings. The number of guanidine groups is 1. The van der Waals surface area contributed by atoms with E-state index >= 15 is 0 Å². The number of ether oxygens (including phenoxy) is 1. The molecule has 1 aliphatic heterocycles. The Hall–Kier alpha value is -0.790. The normalized spacial score (nSPS) is 16.5. The lowest BCUT2D eigenvalue weighted by molar-refractivity contribution is -0.146. The molecule has 1 heterocycles. The predicted molar refractivity (Wildman–Crippen MR) is 87.9 cm³/mol. The summed E-state index contributed by atoms with van der Waals surface area (Å²) in [4.78, 5) is 18.1. The second-order valence-electron chi connectivity index (χ2n) is 4.27. The summed E-state index contributed by atoms with van der Waals surface area (Å²) in [5.41, 5.74) is 0. The van der Waals surface area contributed by atoms with E-state index in [1.165, 1.54) is 7.11 Å². The van der Waals surface area contributed by atoms with Crippen LogP contribution in [0.15, 0.2) is 17.6 Å². The van der Waals surface area contributed by atoms with Gasteiger partial charge in [0.1, 0.15) is 0 Å². The number of nitrogens with one attached hydrogen (secondary N) is 1. The van der Waals surface area contributed by atoms with Crippen LogP contribution < -0.4 is 5.32 Å². The first-order valence-corrected chi connectivity index (χ1v) is 6.44. The van der Waals surface area contributed by atoms with Crippen molar-refractivity contribution in [1.29, 1.82) is 0 Å². The maximum Gasteiger partial charge on any atom is 0.308 e. The van der Waals surface area contributed by atoms with E-state index in [4.69, 9.17) is 4.74 Å². The molecule has 0 saturated carbocycles. The Bertz CT molecular complexity index is 313. The molecule has 0 bridgehead atoms. The number of carbonyl (C=O) groups excluding carboxylic acids is 1. The molecule has 0 spiro atoms. The molecule has 0 radical (unpaired) electrons. The average molecular weight is 381 g/mol. The van der Waals surface area contributed by atoms with Gasteiger partial charge in [-0.3, -0.25) is 4.79 Å². The first-order valence-electron chi connectivity index (χ1n) is 6.44. The molecule has 110 valence electrons. The van der Waals surface area contributed by atoms with Gasteiger partial charge in [0.15, 0.2) is 5.96 Å². The van der Waals surface area contributed by atoms with Crippen molar-refractivity contribution in [3.63, 3.8) is 0 Å². The number of piperidine rings is 1. The summed E-state index contributed by atoms with van der Waals surface area (Å²) in [7, 11) is 1.45. The molecule has 0 amide bonds. The number of rotatable bonds is 4. The lowest BCUT2D eigenvalue weighted by atomic mass is 9.97. The summed E-state index contributed by atoms with van der Waals surface area (Å²) in [6.45, 7) is 8.84. The van der Waals surface area contributed by atoms with Crippen molar-refractivity contribution in [2.75, 3.05) is 33.3 Å². The number of halogens is 1. The van der Waals surface area contributed by atoms with Gasteiger partial charge in [-0.1, -0.05) is 6.08 Å². The van der Waals surface area contributed by atoms with E-state index in [1.54, 1.807) is 6.08 Å². The maximum absolute atomic E-state index is 11.4. The predicted octanol–water partition coefficient (Wildman–Crippen LogP) is 1.64. The number of likely N-dealkylation sites (tertiary alicyclic amines) is 1. The zero-order chi connectivity index (χ0) is 13.4. The monoisotopic (exact) mass is 381 g/mol. The highest BCUT2D eigenvalue weighted by Gasteiger charge is 2.26. The van der Waals surface area contributed by atoms with Crippen molar-refractivity contribution >= 4 is 35.9 Å². The van der Waals surface area contributed by atoms with E-state index in [0.717, 1.165) is 38.4 Å². The molecule has 0 aromatic carbocycles. The second-order valence-corrected chi connectivity index (χ2v) is 4.27. The Morgan fingerprint density at radius 1 is 1.53 bits per heavy atom. The SMILES string of the molecule is C=CCN=C(NCC)N1CCC(C(=O)OC)CC1.I. The van der Waals surface area contributed by atoms with Crippen LogP contribution in [-0.4, -0.2) is 50.1 Å². The minimum atomic E-state index is -0.0947. The van der Waals surface area contributed by atoms with Crippen molar-refractivity contribution in [2.45, 2.75) is 19.8 Å². The molecule has 1 saturated heterocycles. The molecule has 0 aromatic heterocycles. The van der Waals surface area contributed by atoms with Gasteiger partial charge >= 0.3 is 5.97 Å². The number of methoxy groups -OCH3 is 1. The van der Waals surface area contributed by atoms with E-state index in [1.807, 2.05) is 6.92 Å². The molecule has 0 atom stereocenters. The molecule has 1 N–H and O–H groups in total. The van der Waals surface area contributed by atoms with Crippen LogP contribution >= 0.6 is 24.0 Å². The zero-order valence-corrected chi connectivity index (χ0v) is 14.1. The van der Waals surface area contributed by atoms with Gasteiger partial charge in [0.2, 0.25) is 0 Å². The third kappa shape index (κ3) is 5.80. The molecule has 0 aliphatic carbocycles. The first kappa shape index (κ1) is 18.2. The standard InChI is InChI=1S/C13H23N3O2.HI/c1-4-8-15-13(14-5-2)16-9-6-11(7-10-16)12(17)18-3;/h4,11H,1,5-10H2,2-3H3,(H,14,15);1H. The van der Waals surface area contributed by atoms with Crippen molar-refractivity contribution in [3.8, 4) is 0 Å². The fourth-order valence-corrected chi connectivity index (χ4v) is 2.07. The van der Waals surface area contributed by atoms with Crippen molar-refractivity contribution in [2.24, 2.45) is 10.9 Å². The summed E-state index contributed by atoms with van der Waals surface area (Å²) in [5, 5.41) is 3.26. The number of hydrogen-bond donors (Lipinski definition) is 1. The molecule has 6 heteroatoms. The van der Waals surface area contributed by atoms with Crippen LogP contribution in [0, 0.1) is 5.92 Å². The van der Waals surface area contributed by atoms with Crippen molar-refractivity contribution in [1.82, 2.24) is 10.2 Å². The van der Waals surface area contributed by atoms with Crippen LogP contribution in [0.5, 0.6) is 0 Å². The fourth-order valence-electron chi connectivity index (χ4n) is 2.07. The Kier molecular flexibility index (Phi) is 9.63. The van der Waals surface area contributed by atoms with Gasteiger partial charge in [-0.15, -0.1) is 30.6 Å². The lowest BCUT2D eigenvalue weighted by Gasteiger charge is -2.33. The Morgan fingerprint density at radius 2 is 2.16 bits per heavy atom. The highest BCUT2D eigenvalue weighted by atomic mass is 127. The van der Waals surface area contributed by atoms with Crippen LogP contribution in [0.1, 0.15) is 19.8 Å². The van der Waals surface area contributed by atoms with E-state index in [0.29, 0.717) is 6.54 Å². The molecule has 1 aliphatic rings. The smallest absolute Gasteiger partial charge is 0.308 e. The van der Waals surface area contributed by atoms with Crippen LogP contribution in [0.3, 0.4) is 0 Å². The van der Waals surface area contributed by atoms with Crippen molar-refractivity contribution < 1.29 is 9.53 Å². The number of esters is 1. The van der Waals surface area contributed by atoms with Gasteiger partial charge in [0, 0.05) is 19.6 Å². The molecular formula is C13H24IN3O2. The third-order valence-corrected chi connectivity index (χ3v) is 3.03. The minimum absolute atomic E-state index is 0. The summed E-state index contributed by atoms with van der Waals surface area (Å²) < 4.78 is 4.78. The Balaban J connectivity index is 0.00000324. The molecule has 0 aromatic rings. The lowest BCUT2D eigenvalue weighted by Crippen LogP contribution is -2.46. The maximum atomic E-state index is 11.4. The van der Waals surface area contributed by atoms with Crippen LogP contribution in [-0.2, 0) is 9.53 Å².